The summed E-state index contributed by atoms with van der Waals surface area (Å²) < 4.78 is 1.83. The molecule has 0 aliphatic rings. The van der Waals surface area contributed by atoms with E-state index in [1.54, 1.807) is 18.2 Å². The summed E-state index contributed by atoms with van der Waals surface area (Å²) in [6.07, 6.45) is -0.750. The summed E-state index contributed by atoms with van der Waals surface area (Å²) >= 11 is 18.9. The fraction of sp³-hybridized carbons (Fsp3) is 0.143. The molecule has 0 aliphatic carbocycles. The zero-order chi connectivity index (χ0) is 14.7. The van der Waals surface area contributed by atoms with E-state index in [0.717, 1.165) is 14.6 Å². The molecule has 0 fully saturated rings. The van der Waals surface area contributed by atoms with Gasteiger partial charge in [-0.05, 0) is 62.2 Å². The molecule has 2 nitrogen and oxygen atoms in total. The maximum atomic E-state index is 10.2. The van der Waals surface area contributed by atoms with Gasteiger partial charge in [-0.15, -0.1) is 0 Å². The average Bonchev–Trinajstić information content (AvgIpc) is 2.40. The molecule has 0 spiro atoms. The smallest absolute Gasteiger partial charge is 0.0977 e. The fourth-order valence-electron chi connectivity index (χ4n) is 1.75. The quantitative estimate of drug-likeness (QED) is 0.643. The standard InChI is InChI=1S/C14H11Br2Cl2NO/c15-10-2-1-3-11(16)14(10)19-7-13(20)9-6-8(17)4-5-12(9)18/h1-6,13,19-20H,7H2. The topological polar surface area (TPSA) is 32.3 Å². The molecule has 0 radical (unpaired) electrons. The van der Waals surface area contributed by atoms with Crippen LogP contribution in [0.1, 0.15) is 11.7 Å². The Kier molecular flexibility index (Phi) is 5.75. The number of anilines is 1. The number of rotatable bonds is 4. The largest absolute Gasteiger partial charge is 0.387 e. The van der Waals surface area contributed by atoms with E-state index in [9.17, 15) is 5.11 Å². The molecule has 6 heteroatoms. The fourth-order valence-corrected chi connectivity index (χ4v) is 3.45. The van der Waals surface area contributed by atoms with Crippen molar-refractivity contribution in [3.8, 4) is 0 Å². The molecule has 0 amide bonds. The zero-order valence-electron chi connectivity index (χ0n) is 10.2. The third-order valence-corrected chi connectivity index (χ3v) is 4.65. The van der Waals surface area contributed by atoms with Gasteiger partial charge in [0.15, 0.2) is 0 Å². The summed E-state index contributed by atoms with van der Waals surface area (Å²) in [5, 5.41) is 14.5. The van der Waals surface area contributed by atoms with E-state index in [1.165, 1.54) is 0 Å². The predicted molar refractivity (Wildman–Crippen MR) is 91.8 cm³/mol. The van der Waals surface area contributed by atoms with Crippen molar-refractivity contribution in [2.24, 2.45) is 0 Å². The van der Waals surface area contributed by atoms with Crippen molar-refractivity contribution in [3.05, 3.63) is 61.0 Å². The van der Waals surface area contributed by atoms with Crippen molar-refractivity contribution in [1.29, 1.82) is 0 Å². The van der Waals surface area contributed by atoms with Gasteiger partial charge in [-0.2, -0.15) is 0 Å². The van der Waals surface area contributed by atoms with Crippen molar-refractivity contribution < 1.29 is 5.11 Å². The second-order valence-electron chi connectivity index (χ2n) is 4.16. The lowest BCUT2D eigenvalue weighted by Gasteiger charge is -2.16. The van der Waals surface area contributed by atoms with Gasteiger partial charge in [-0.3, -0.25) is 0 Å². The number of benzene rings is 2. The minimum Gasteiger partial charge on any atom is -0.387 e. The van der Waals surface area contributed by atoms with Crippen molar-refractivity contribution in [3.63, 3.8) is 0 Å². The van der Waals surface area contributed by atoms with Crippen LogP contribution in [0.4, 0.5) is 5.69 Å². The van der Waals surface area contributed by atoms with E-state index in [2.05, 4.69) is 37.2 Å². The van der Waals surface area contributed by atoms with E-state index in [0.29, 0.717) is 22.2 Å². The summed E-state index contributed by atoms with van der Waals surface area (Å²) in [6, 6.07) is 10.8. The van der Waals surface area contributed by atoms with E-state index in [4.69, 9.17) is 23.2 Å². The molecule has 2 N–H and O–H groups in total. The van der Waals surface area contributed by atoms with Crippen LogP contribution in [-0.2, 0) is 0 Å². The first-order valence-electron chi connectivity index (χ1n) is 5.80. The Bertz CT molecular complexity index is 602. The minimum atomic E-state index is -0.750. The molecule has 2 aromatic carbocycles. The predicted octanol–water partition coefficient (Wildman–Crippen LogP) is 5.66. The first-order valence-corrected chi connectivity index (χ1v) is 8.14. The Labute approximate surface area is 144 Å². The number of nitrogens with one attached hydrogen (secondary N) is 1. The van der Waals surface area contributed by atoms with Crippen molar-refractivity contribution in [2.45, 2.75) is 6.10 Å². The number of aliphatic hydroxyl groups is 1. The molecule has 20 heavy (non-hydrogen) atoms. The van der Waals surface area contributed by atoms with E-state index >= 15 is 0 Å². The highest BCUT2D eigenvalue weighted by molar-refractivity contribution is 9.11. The summed E-state index contributed by atoms with van der Waals surface area (Å²) in [5.74, 6) is 0. The average molecular weight is 440 g/mol. The lowest BCUT2D eigenvalue weighted by Crippen LogP contribution is -2.13. The Balaban J connectivity index is 2.13. The van der Waals surface area contributed by atoms with Crippen LogP contribution in [0, 0.1) is 0 Å². The number of hydrogen-bond donors (Lipinski definition) is 2. The molecule has 0 saturated carbocycles. The Morgan fingerprint density at radius 2 is 1.75 bits per heavy atom. The van der Waals surface area contributed by atoms with Gasteiger partial charge in [-0.25, -0.2) is 0 Å². The van der Waals surface area contributed by atoms with Gasteiger partial charge in [0.05, 0.1) is 11.8 Å². The Morgan fingerprint density at radius 1 is 1.10 bits per heavy atom. The van der Waals surface area contributed by atoms with Crippen LogP contribution < -0.4 is 5.32 Å². The third kappa shape index (κ3) is 3.89. The molecular weight excluding hydrogens is 429 g/mol. The van der Waals surface area contributed by atoms with Gasteiger partial charge in [0.2, 0.25) is 0 Å². The second kappa shape index (κ2) is 7.14. The van der Waals surface area contributed by atoms with Crippen LogP contribution in [0.5, 0.6) is 0 Å². The molecule has 0 aliphatic heterocycles. The normalized spacial score (nSPS) is 12.2. The molecule has 2 aromatic rings. The van der Waals surface area contributed by atoms with Crippen LogP contribution in [-0.4, -0.2) is 11.7 Å². The summed E-state index contributed by atoms with van der Waals surface area (Å²) in [7, 11) is 0. The van der Waals surface area contributed by atoms with Crippen molar-refractivity contribution in [1.82, 2.24) is 0 Å². The molecular formula is C14H11Br2Cl2NO. The SMILES string of the molecule is OC(CNc1c(Br)cccc1Br)c1cc(Cl)ccc1Cl. The molecule has 106 valence electrons. The maximum Gasteiger partial charge on any atom is 0.0977 e. The number of halogens is 4. The first kappa shape index (κ1) is 16.1. The second-order valence-corrected chi connectivity index (χ2v) is 6.71. The van der Waals surface area contributed by atoms with Crippen LogP contribution in [0.25, 0.3) is 0 Å². The molecule has 2 rings (SSSR count). The summed E-state index contributed by atoms with van der Waals surface area (Å²) in [4.78, 5) is 0. The number of para-hydroxylation sites is 1. The zero-order valence-corrected chi connectivity index (χ0v) is 14.9. The summed E-state index contributed by atoms with van der Waals surface area (Å²) in [6.45, 7) is 0.321. The molecule has 1 unspecified atom stereocenters. The lowest BCUT2D eigenvalue weighted by atomic mass is 10.1. The molecule has 1 atom stereocenters. The highest BCUT2D eigenvalue weighted by Crippen LogP contribution is 2.32. The lowest BCUT2D eigenvalue weighted by molar-refractivity contribution is 0.191. The Hall–Kier alpha value is -0.260. The highest BCUT2D eigenvalue weighted by Gasteiger charge is 2.13. The number of hydrogen-bond acceptors (Lipinski definition) is 2. The third-order valence-electron chi connectivity index (χ3n) is 2.75. The van der Waals surface area contributed by atoms with Crippen molar-refractivity contribution in [2.75, 3.05) is 11.9 Å². The molecule has 0 aromatic heterocycles. The van der Waals surface area contributed by atoms with Gasteiger partial charge in [0.1, 0.15) is 0 Å². The van der Waals surface area contributed by atoms with Crippen LogP contribution in [0.3, 0.4) is 0 Å². The maximum absolute atomic E-state index is 10.2. The summed E-state index contributed by atoms with van der Waals surface area (Å²) in [5.41, 5.74) is 1.49. The van der Waals surface area contributed by atoms with Gasteiger partial charge < -0.3 is 10.4 Å². The highest BCUT2D eigenvalue weighted by atomic mass is 79.9. The molecule has 0 heterocycles. The van der Waals surface area contributed by atoms with Gasteiger partial charge in [0, 0.05) is 31.1 Å². The Morgan fingerprint density at radius 3 is 2.40 bits per heavy atom. The number of aliphatic hydroxyl groups excluding tert-OH is 1. The van der Waals surface area contributed by atoms with Gasteiger partial charge in [-0.1, -0.05) is 29.3 Å². The minimum absolute atomic E-state index is 0.321. The van der Waals surface area contributed by atoms with Crippen LogP contribution in [0.15, 0.2) is 45.3 Å². The van der Waals surface area contributed by atoms with Crippen LogP contribution in [0.2, 0.25) is 10.0 Å². The molecule has 0 saturated heterocycles. The van der Waals surface area contributed by atoms with E-state index < -0.39 is 6.10 Å². The van der Waals surface area contributed by atoms with Crippen molar-refractivity contribution >= 4 is 60.7 Å². The monoisotopic (exact) mass is 437 g/mol. The van der Waals surface area contributed by atoms with E-state index in [1.807, 2.05) is 18.2 Å². The van der Waals surface area contributed by atoms with Crippen LogP contribution >= 0.6 is 55.1 Å². The molecule has 0 bridgehead atoms. The van der Waals surface area contributed by atoms with Gasteiger partial charge in [0.25, 0.3) is 0 Å². The van der Waals surface area contributed by atoms with E-state index in [-0.39, 0.29) is 0 Å². The van der Waals surface area contributed by atoms with Gasteiger partial charge >= 0.3 is 0 Å². The first-order chi connectivity index (χ1) is 9.49.